The summed E-state index contributed by atoms with van der Waals surface area (Å²) in [5, 5.41) is 0.455. The van der Waals surface area contributed by atoms with E-state index >= 15 is 0 Å². The highest BCUT2D eigenvalue weighted by Crippen LogP contribution is 2.42. The summed E-state index contributed by atoms with van der Waals surface area (Å²) >= 11 is 12.5. The van der Waals surface area contributed by atoms with Crippen molar-refractivity contribution in [3.8, 4) is 0 Å². The molecule has 0 saturated carbocycles. The Balaban J connectivity index is 2.84. The van der Waals surface area contributed by atoms with Crippen LogP contribution in [-0.2, 0) is 28.5 Å². The highest BCUT2D eigenvalue weighted by molar-refractivity contribution is 6.31. The molecule has 0 aromatic heterocycles. The fourth-order valence-electron chi connectivity index (χ4n) is 3.61. The molecule has 32 heavy (non-hydrogen) atoms. The molecule has 2 unspecified atom stereocenters. The van der Waals surface area contributed by atoms with E-state index in [4.69, 9.17) is 42.1 Å². The maximum absolute atomic E-state index is 13.2. The van der Waals surface area contributed by atoms with E-state index < -0.39 is 30.1 Å². The first-order valence-corrected chi connectivity index (χ1v) is 11.5. The van der Waals surface area contributed by atoms with Crippen LogP contribution in [0.25, 0.3) is 0 Å². The Labute approximate surface area is 198 Å². The highest BCUT2D eigenvalue weighted by Gasteiger charge is 2.46. The van der Waals surface area contributed by atoms with Crippen LogP contribution in [0.4, 0.5) is 0 Å². The molecule has 1 aromatic rings. The lowest BCUT2D eigenvalue weighted by atomic mass is 9.75. The average Bonchev–Trinajstić information content (AvgIpc) is 2.77. The second kappa shape index (κ2) is 12.9. The van der Waals surface area contributed by atoms with E-state index in [0.717, 1.165) is 0 Å². The molecule has 1 heterocycles. The highest BCUT2D eigenvalue weighted by atomic mass is 35.5. The number of nitrogens with zero attached hydrogens (tertiary/aromatic N) is 1. The molecule has 7 nitrogen and oxygen atoms in total. The lowest BCUT2D eigenvalue weighted by Gasteiger charge is -2.34. The molecule has 1 aromatic carbocycles. The fraction of sp³-hybridized carbons (Fsp3) is 0.522. The first-order chi connectivity index (χ1) is 15.4. The third kappa shape index (κ3) is 6.10. The summed E-state index contributed by atoms with van der Waals surface area (Å²) < 4.78 is 22.2. The molecule has 2 atom stereocenters. The Morgan fingerprint density at radius 2 is 1.69 bits per heavy atom. The van der Waals surface area contributed by atoms with Gasteiger partial charge in [-0.25, -0.2) is 4.79 Å². The van der Waals surface area contributed by atoms with E-state index in [1.165, 1.54) is 0 Å². The van der Waals surface area contributed by atoms with Crippen molar-refractivity contribution in [2.75, 3.05) is 32.3 Å². The van der Waals surface area contributed by atoms with Crippen LogP contribution in [0.1, 0.15) is 39.2 Å². The number of ether oxygens (including phenoxy) is 4. The molecule has 0 bridgehead atoms. The maximum Gasteiger partial charge on any atom is 0.336 e. The number of benzene rings is 1. The van der Waals surface area contributed by atoms with E-state index in [9.17, 15) is 9.59 Å². The third-order valence-corrected chi connectivity index (χ3v) is 5.29. The van der Waals surface area contributed by atoms with Crippen molar-refractivity contribution in [1.82, 2.24) is 0 Å². The number of hydrogen-bond donors (Lipinski definition) is 0. The van der Waals surface area contributed by atoms with E-state index in [1.807, 2.05) is 13.8 Å². The summed E-state index contributed by atoms with van der Waals surface area (Å²) in [5.74, 6) is -2.94. The summed E-state index contributed by atoms with van der Waals surface area (Å²) in [5.41, 5.74) is 1.36. The van der Waals surface area contributed by atoms with Gasteiger partial charge in [-0.2, -0.15) is 0 Å². The molecule has 0 radical (unpaired) electrons. The van der Waals surface area contributed by atoms with Crippen LogP contribution in [0.2, 0.25) is 5.02 Å². The van der Waals surface area contributed by atoms with Crippen LogP contribution < -0.4 is 0 Å². The van der Waals surface area contributed by atoms with E-state index in [1.54, 1.807) is 38.1 Å². The number of halogens is 2. The molecule has 176 valence electrons. The van der Waals surface area contributed by atoms with Gasteiger partial charge in [-0.1, -0.05) is 23.7 Å². The smallest absolute Gasteiger partial charge is 0.336 e. The lowest BCUT2D eigenvalue weighted by molar-refractivity contribution is -0.146. The maximum atomic E-state index is 13.2. The van der Waals surface area contributed by atoms with Crippen LogP contribution in [0, 0.1) is 5.92 Å². The minimum absolute atomic E-state index is 0.0505. The van der Waals surface area contributed by atoms with Crippen molar-refractivity contribution in [1.29, 1.82) is 0 Å². The first kappa shape index (κ1) is 26.3. The zero-order chi connectivity index (χ0) is 23.7. The van der Waals surface area contributed by atoms with Crippen molar-refractivity contribution in [2.45, 2.75) is 39.9 Å². The van der Waals surface area contributed by atoms with Crippen LogP contribution >= 0.6 is 23.2 Å². The van der Waals surface area contributed by atoms with Crippen molar-refractivity contribution >= 4 is 40.9 Å². The van der Waals surface area contributed by atoms with Crippen LogP contribution in [0.15, 0.2) is 40.5 Å². The summed E-state index contributed by atoms with van der Waals surface area (Å²) in [7, 11) is 0. The molecular formula is C23H29Cl2NO6. The van der Waals surface area contributed by atoms with Gasteiger partial charge in [0.15, 0.2) is 0 Å². The minimum atomic E-state index is -0.938. The van der Waals surface area contributed by atoms with E-state index in [0.29, 0.717) is 29.5 Å². The molecule has 0 spiro atoms. The molecule has 9 heteroatoms. The molecule has 1 aliphatic heterocycles. The third-order valence-electron chi connectivity index (χ3n) is 4.78. The van der Waals surface area contributed by atoms with Crippen LogP contribution in [-0.4, -0.2) is 56.2 Å². The van der Waals surface area contributed by atoms with Gasteiger partial charge in [-0.15, -0.1) is 11.6 Å². The SMILES string of the molecule is CCOC(=O)C1=C(C(OCC)OCC)N=C(CCl)C(C(=O)OCC)C1c1cccc(Cl)c1. The Kier molecular flexibility index (Phi) is 10.6. The number of alkyl halides is 1. The number of rotatable bonds is 11. The number of carbonyl (C=O) groups excluding carboxylic acids is 2. The summed E-state index contributed by atoms with van der Waals surface area (Å²) in [6.45, 7) is 7.97. The minimum Gasteiger partial charge on any atom is -0.465 e. The Morgan fingerprint density at radius 1 is 1.03 bits per heavy atom. The fourth-order valence-corrected chi connectivity index (χ4v) is 4.03. The van der Waals surface area contributed by atoms with Gasteiger partial charge in [0.2, 0.25) is 6.29 Å². The number of carbonyl (C=O) groups is 2. The lowest BCUT2D eigenvalue weighted by Crippen LogP contribution is -2.40. The van der Waals surface area contributed by atoms with Crippen LogP contribution in [0.5, 0.6) is 0 Å². The molecule has 0 N–H and O–H groups in total. The molecule has 0 saturated heterocycles. The predicted molar refractivity (Wildman–Crippen MR) is 123 cm³/mol. The molecule has 0 aliphatic carbocycles. The zero-order valence-corrected chi connectivity index (χ0v) is 20.2. The average molecular weight is 486 g/mol. The van der Waals surface area contributed by atoms with Gasteiger partial charge >= 0.3 is 11.9 Å². The van der Waals surface area contributed by atoms with Gasteiger partial charge in [0.05, 0.1) is 24.7 Å². The molecule has 2 rings (SSSR count). The quantitative estimate of drug-likeness (QED) is 0.260. The summed E-state index contributed by atoms with van der Waals surface area (Å²) in [4.78, 5) is 30.9. The Morgan fingerprint density at radius 3 is 2.22 bits per heavy atom. The van der Waals surface area contributed by atoms with Crippen molar-refractivity contribution < 1.29 is 28.5 Å². The van der Waals surface area contributed by atoms with Crippen molar-refractivity contribution in [3.05, 3.63) is 46.1 Å². The zero-order valence-electron chi connectivity index (χ0n) is 18.7. The molecule has 0 fully saturated rings. The topological polar surface area (TPSA) is 83.4 Å². The molecule has 1 aliphatic rings. The summed E-state index contributed by atoms with van der Waals surface area (Å²) in [6, 6.07) is 6.94. The predicted octanol–water partition coefficient (Wildman–Crippen LogP) is 4.51. The normalized spacial score (nSPS) is 18.5. The van der Waals surface area contributed by atoms with E-state index in [2.05, 4.69) is 4.99 Å². The second-order valence-electron chi connectivity index (χ2n) is 6.76. The van der Waals surface area contributed by atoms with Gasteiger partial charge in [-0.3, -0.25) is 9.79 Å². The number of aliphatic imine (C=N–C) groups is 1. The largest absolute Gasteiger partial charge is 0.465 e. The Bertz CT molecular complexity index is 864. The van der Waals surface area contributed by atoms with Gasteiger partial charge in [-0.05, 0) is 45.4 Å². The van der Waals surface area contributed by atoms with E-state index in [-0.39, 0.29) is 30.4 Å². The van der Waals surface area contributed by atoms with Crippen molar-refractivity contribution in [3.63, 3.8) is 0 Å². The van der Waals surface area contributed by atoms with Crippen molar-refractivity contribution in [2.24, 2.45) is 10.9 Å². The Hall–Kier alpha value is -1.93. The van der Waals surface area contributed by atoms with Gasteiger partial charge < -0.3 is 18.9 Å². The molecular weight excluding hydrogens is 457 g/mol. The van der Waals surface area contributed by atoms with Gasteiger partial charge in [0, 0.05) is 29.9 Å². The standard InChI is InChI=1S/C23H29Cl2NO6/c1-5-29-21(27)18-16(13-24)26-20(23(31-7-3)32-8-4)19(22(28)30-6-2)17(18)14-10-9-11-15(25)12-14/h9-12,17-18,23H,5-8,13H2,1-4H3. The van der Waals surface area contributed by atoms with Gasteiger partial charge in [0.25, 0.3) is 0 Å². The number of esters is 2. The van der Waals surface area contributed by atoms with Crippen LogP contribution in [0.3, 0.4) is 0 Å². The first-order valence-electron chi connectivity index (χ1n) is 10.6. The van der Waals surface area contributed by atoms with Gasteiger partial charge in [0.1, 0.15) is 11.6 Å². The summed E-state index contributed by atoms with van der Waals surface area (Å²) in [6.07, 6.45) is -0.938. The number of hydrogen-bond acceptors (Lipinski definition) is 7. The molecule has 0 amide bonds. The monoisotopic (exact) mass is 485 g/mol. The second-order valence-corrected chi connectivity index (χ2v) is 7.46.